The number of rotatable bonds is 0. The highest BCUT2D eigenvalue weighted by Gasteiger charge is 2.57. The molecule has 1 nitrogen and oxygen atoms in total. The van der Waals surface area contributed by atoms with Crippen LogP contribution in [0.4, 0.5) is 0 Å². The standard InChI is InChI=1S/C15H24BrClO/c1-10-5-6-11(16)13(2,3)15(10)8-7-14(4,18)12(17)9-15/h11-12,18H,1,5-9H2,2-4H3/t11-,12-,14+,15-/m0/s1. The number of alkyl halides is 2. The van der Waals surface area contributed by atoms with Crippen LogP contribution in [0, 0.1) is 10.8 Å². The van der Waals surface area contributed by atoms with E-state index in [0.29, 0.717) is 4.83 Å². The summed E-state index contributed by atoms with van der Waals surface area (Å²) in [6, 6.07) is 0. The molecule has 2 aliphatic rings. The molecule has 3 heteroatoms. The molecule has 0 heterocycles. The summed E-state index contributed by atoms with van der Waals surface area (Å²) >= 11 is 10.3. The van der Waals surface area contributed by atoms with E-state index in [0.717, 1.165) is 32.1 Å². The SMILES string of the molecule is C=C1CC[C@H](Br)C(C)(C)[C@]12CC[C@@](C)(O)[C@@H](Cl)C2. The lowest BCUT2D eigenvalue weighted by atomic mass is 9.49. The van der Waals surface area contributed by atoms with E-state index in [9.17, 15) is 5.11 Å². The Morgan fingerprint density at radius 1 is 1.33 bits per heavy atom. The summed E-state index contributed by atoms with van der Waals surface area (Å²) < 4.78 is 0. The van der Waals surface area contributed by atoms with E-state index in [1.54, 1.807) is 0 Å². The average Bonchev–Trinajstić information content (AvgIpc) is 2.27. The van der Waals surface area contributed by atoms with Crippen molar-refractivity contribution in [2.45, 2.75) is 68.7 Å². The van der Waals surface area contributed by atoms with E-state index in [-0.39, 0.29) is 16.2 Å². The summed E-state index contributed by atoms with van der Waals surface area (Å²) in [5.74, 6) is 0. The Kier molecular flexibility index (Phi) is 3.71. The number of hydrogen-bond donors (Lipinski definition) is 1. The van der Waals surface area contributed by atoms with Crippen molar-refractivity contribution in [2.75, 3.05) is 0 Å². The molecule has 0 unspecified atom stereocenters. The van der Waals surface area contributed by atoms with Crippen LogP contribution in [0.15, 0.2) is 12.2 Å². The predicted octanol–water partition coefficient (Wildman–Crippen LogP) is 4.65. The van der Waals surface area contributed by atoms with Crippen LogP contribution in [0.25, 0.3) is 0 Å². The molecule has 0 bridgehead atoms. The van der Waals surface area contributed by atoms with Crippen molar-refractivity contribution in [1.29, 1.82) is 0 Å². The smallest absolute Gasteiger partial charge is 0.0783 e. The monoisotopic (exact) mass is 334 g/mol. The van der Waals surface area contributed by atoms with Crippen LogP contribution in [0.5, 0.6) is 0 Å². The van der Waals surface area contributed by atoms with E-state index in [1.165, 1.54) is 5.57 Å². The summed E-state index contributed by atoms with van der Waals surface area (Å²) in [7, 11) is 0. The minimum atomic E-state index is -0.734. The fourth-order valence-corrected chi connectivity index (χ4v) is 4.85. The van der Waals surface area contributed by atoms with Crippen molar-refractivity contribution < 1.29 is 5.11 Å². The summed E-state index contributed by atoms with van der Waals surface area (Å²) in [5, 5.41) is 10.1. The zero-order valence-corrected chi connectivity index (χ0v) is 13.9. The second-order valence-electron chi connectivity index (χ2n) is 6.94. The van der Waals surface area contributed by atoms with E-state index in [1.807, 2.05) is 6.92 Å². The lowest BCUT2D eigenvalue weighted by Gasteiger charge is -2.59. The minimum absolute atomic E-state index is 0.0775. The molecule has 0 aromatic heterocycles. The molecule has 0 aromatic rings. The van der Waals surface area contributed by atoms with Crippen LogP contribution >= 0.6 is 27.5 Å². The Morgan fingerprint density at radius 2 is 1.94 bits per heavy atom. The van der Waals surface area contributed by atoms with Gasteiger partial charge in [-0.05, 0) is 49.9 Å². The molecule has 0 aromatic carbocycles. The lowest BCUT2D eigenvalue weighted by Crippen LogP contribution is -2.56. The van der Waals surface area contributed by atoms with E-state index < -0.39 is 5.60 Å². The van der Waals surface area contributed by atoms with Gasteiger partial charge in [0, 0.05) is 4.83 Å². The van der Waals surface area contributed by atoms with Gasteiger partial charge in [-0.15, -0.1) is 11.6 Å². The number of halogens is 2. The second kappa shape index (κ2) is 4.49. The quantitative estimate of drug-likeness (QED) is 0.504. The van der Waals surface area contributed by atoms with Gasteiger partial charge in [-0.3, -0.25) is 0 Å². The van der Waals surface area contributed by atoms with Crippen molar-refractivity contribution >= 4 is 27.5 Å². The first kappa shape index (κ1) is 14.9. The Labute approximate surface area is 124 Å². The van der Waals surface area contributed by atoms with Crippen LogP contribution in [-0.2, 0) is 0 Å². The van der Waals surface area contributed by atoms with Gasteiger partial charge in [0.25, 0.3) is 0 Å². The van der Waals surface area contributed by atoms with Gasteiger partial charge in [0.1, 0.15) is 0 Å². The molecule has 2 saturated carbocycles. The third-order valence-electron chi connectivity index (χ3n) is 5.65. The molecule has 4 atom stereocenters. The van der Waals surface area contributed by atoms with Crippen LogP contribution in [-0.4, -0.2) is 20.9 Å². The maximum atomic E-state index is 10.3. The maximum Gasteiger partial charge on any atom is 0.0783 e. The zero-order valence-electron chi connectivity index (χ0n) is 11.6. The largest absolute Gasteiger partial charge is 0.389 e. The number of allylic oxidation sites excluding steroid dienone is 1. The third kappa shape index (κ3) is 1.99. The molecule has 0 amide bonds. The van der Waals surface area contributed by atoms with Gasteiger partial charge < -0.3 is 5.11 Å². The molecule has 0 radical (unpaired) electrons. The highest BCUT2D eigenvalue weighted by Crippen LogP contribution is 2.63. The van der Waals surface area contributed by atoms with E-state index in [2.05, 4.69) is 36.4 Å². The third-order valence-corrected chi connectivity index (χ3v) is 7.88. The van der Waals surface area contributed by atoms with Gasteiger partial charge >= 0.3 is 0 Å². The summed E-state index contributed by atoms with van der Waals surface area (Å²) in [5.41, 5.74) is 0.826. The molecule has 1 N–H and O–H groups in total. The molecular weight excluding hydrogens is 312 g/mol. The Bertz CT molecular complexity index is 364. The average molecular weight is 336 g/mol. The van der Waals surface area contributed by atoms with Crippen molar-refractivity contribution in [2.24, 2.45) is 10.8 Å². The Hall–Kier alpha value is 0.470. The maximum absolute atomic E-state index is 10.3. The molecule has 2 fully saturated rings. The van der Waals surface area contributed by atoms with Crippen molar-refractivity contribution in [3.8, 4) is 0 Å². The summed E-state index contributed by atoms with van der Waals surface area (Å²) in [6.07, 6.45) is 4.83. The molecule has 1 spiro atoms. The summed E-state index contributed by atoms with van der Waals surface area (Å²) in [4.78, 5) is 0.502. The molecule has 2 rings (SSSR count). The van der Waals surface area contributed by atoms with Gasteiger partial charge in [0.2, 0.25) is 0 Å². The minimum Gasteiger partial charge on any atom is -0.389 e. The summed E-state index contributed by atoms with van der Waals surface area (Å²) in [6.45, 7) is 10.8. The molecule has 104 valence electrons. The number of aliphatic hydroxyl groups is 1. The van der Waals surface area contributed by atoms with Crippen molar-refractivity contribution in [1.82, 2.24) is 0 Å². The van der Waals surface area contributed by atoms with Crippen molar-refractivity contribution in [3.63, 3.8) is 0 Å². The van der Waals surface area contributed by atoms with Gasteiger partial charge in [-0.1, -0.05) is 41.9 Å². The highest BCUT2D eigenvalue weighted by molar-refractivity contribution is 9.09. The topological polar surface area (TPSA) is 20.2 Å². The fourth-order valence-electron chi connectivity index (χ4n) is 3.81. The van der Waals surface area contributed by atoms with Crippen LogP contribution in [0.2, 0.25) is 0 Å². The second-order valence-corrected chi connectivity index (χ2v) is 8.57. The van der Waals surface area contributed by atoms with Gasteiger partial charge in [-0.2, -0.15) is 0 Å². The Balaban J connectivity index is 2.37. The van der Waals surface area contributed by atoms with Crippen LogP contribution in [0.1, 0.15) is 52.9 Å². The number of hydrogen-bond acceptors (Lipinski definition) is 1. The normalized spacial score (nSPS) is 48.4. The lowest BCUT2D eigenvalue weighted by molar-refractivity contribution is -0.0506. The van der Waals surface area contributed by atoms with Gasteiger partial charge in [-0.25, -0.2) is 0 Å². The van der Waals surface area contributed by atoms with Gasteiger partial charge in [0.05, 0.1) is 11.0 Å². The first-order valence-corrected chi connectivity index (χ1v) is 8.17. The fraction of sp³-hybridized carbons (Fsp3) is 0.867. The van der Waals surface area contributed by atoms with E-state index in [4.69, 9.17) is 11.6 Å². The van der Waals surface area contributed by atoms with Crippen LogP contribution < -0.4 is 0 Å². The molecule has 0 saturated heterocycles. The highest BCUT2D eigenvalue weighted by atomic mass is 79.9. The molecule has 18 heavy (non-hydrogen) atoms. The molecule has 2 aliphatic carbocycles. The predicted molar refractivity (Wildman–Crippen MR) is 81.4 cm³/mol. The first-order chi connectivity index (χ1) is 8.13. The molecule has 0 aliphatic heterocycles. The Morgan fingerprint density at radius 3 is 2.50 bits per heavy atom. The van der Waals surface area contributed by atoms with Gasteiger partial charge in [0.15, 0.2) is 0 Å². The van der Waals surface area contributed by atoms with Crippen LogP contribution in [0.3, 0.4) is 0 Å². The van der Waals surface area contributed by atoms with E-state index >= 15 is 0 Å². The first-order valence-electron chi connectivity index (χ1n) is 6.82. The zero-order chi connectivity index (χ0) is 13.8. The molecular formula is C15H24BrClO. The van der Waals surface area contributed by atoms with Crippen molar-refractivity contribution in [3.05, 3.63) is 12.2 Å².